The van der Waals surface area contributed by atoms with Crippen molar-refractivity contribution in [1.82, 2.24) is 24.6 Å². The molecule has 148 valence electrons. The van der Waals surface area contributed by atoms with E-state index >= 15 is 0 Å². The van der Waals surface area contributed by atoms with E-state index in [1.165, 1.54) is 20.4 Å². The number of nitrogens with two attached hydrogens (primary N) is 1. The molecule has 4 atom stereocenters. The van der Waals surface area contributed by atoms with Crippen molar-refractivity contribution in [3.63, 3.8) is 0 Å². The van der Waals surface area contributed by atoms with Gasteiger partial charge < -0.3 is 24.6 Å². The van der Waals surface area contributed by atoms with Gasteiger partial charge in [0.1, 0.15) is 24.1 Å². The Morgan fingerprint density at radius 2 is 2.30 bits per heavy atom. The summed E-state index contributed by atoms with van der Waals surface area (Å²) in [5.74, 6) is -0.435. The van der Waals surface area contributed by atoms with E-state index in [2.05, 4.69) is 24.8 Å². The van der Waals surface area contributed by atoms with E-state index in [0.717, 1.165) is 0 Å². The third kappa shape index (κ3) is 4.42. The molecule has 1 unspecified atom stereocenters. The molecule has 1 aliphatic heterocycles. The second-order valence-corrected chi connectivity index (χ2v) is 7.55. The second-order valence-electron chi connectivity index (χ2n) is 6.04. The smallest absolute Gasteiger partial charge is 0.322 e. The highest BCUT2D eigenvalue weighted by molar-refractivity contribution is 7.49. The maximum Gasteiger partial charge on any atom is 0.322 e. The third-order valence-electron chi connectivity index (χ3n) is 4.12. The molecule has 0 aromatic carbocycles. The fourth-order valence-corrected chi connectivity index (χ4v) is 3.80. The molecule has 3 rings (SSSR count). The van der Waals surface area contributed by atoms with Crippen LogP contribution in [0.2, 0.25) is 0 Å². The van der Waals surface area contributed by atoms with Gasteiger partial charge in [0, 0.05) is 0 Å². The number of rotatable bonds is 7. The van der Waals surface area contributed by atoms with E-state index in [-0.39, 0.29) is 18.7 Å². The van der Waals surface area contributed by atoms with Gasteiger partial charge in [0.25, 0.3) is 0 Å². The molecule has 1 aliphatic rings. The standard InChI is InChI=1S/C14H21N6O6P/c1-8(14(21)24-2)19-27(22,23)25-5-9-3-4-10(26-9)20-7-18-11-12(15)16-6-17-13(11)20/h6-10H,3-5H2,1-2H3,(H2,15,16,17)(H2,19,22,23)/p-1/t8-,9-,10+/m0/s1. The molecule has 2 aromatic rings. The highest BCUT2D eigenvalue weighted by Crippen LogP contribution is 2.36. The Kier molecular flexibility index (Phi) is 5.72. The predicted molar refractivity (Wildman–Crippen MR) is 91.1 cm³/mol. The Morgan fingerprint density at radius 1 is 1.52 bits per heavy atom. The quantitative estimate of drug-likeness (QED) is 0.464. The predicted octanol–water partition coefficient (Wildman–Crippen LogP) is -0.278. The average Bonchev–Trinajstić information content (AvgIpc) is 3.26. The van der Waals surface area contributed by atoms with Crippen LogP contribution in [0.15, 0.2) is 12.7 Å². The van der Waals surface area contributed by atoms with Gasteiger partial charge in [-0.15, -0.1) is 0 Å². The van der Waals surface area contributed by atoms with Crippen molar-refractivity contribution in [2.75, 3.05) is 19.5 Å². The molecule has 12 nitrogen and oxygen atoms in total. The lowest BCUT2D eigenvalue weighted by Crippen LogP contribution is -2.37. The minimum Gasteiger partial charge on any atom is -0.766 e. The van der Waals surface area contributed by atoms with Crippen LogP contribution in [-0.2, 0) is 23.4 Å². The van der Waals surface area contributed by atoms with Gasteiger partial charge in [-0.1, -0.05) is 0 Å². The van der Waals surface area contributed by atoms with E-state index < -0.39 is 25.9 Å². The summed E-state index contributed by atoms with van der Waals surface area (Å²) in [7, 11) is -3.26. The van der Waals surface area contributed by atoms with Gasteiger partial charge in [-0.2, -0.15) is 0 Å². The van der Waals surface area contributed by atoms with Crippen LogP contribution in [0.5, 0.6) is 0 Å². The molecule has 0 aliphatic carbocycles. The van der Waals surface area contributed by atoms with Crippen LogP contribution in [0, 0.1) is 0 Å². The zero-order chi connectivity index (χ0) is 19.6. The summed E-state index contributed by atoms with van der Waals surface area (Å²) in [6.45, 7) is 1.18. The summed E-state index contributed by atoms with van der Waals surface area (Å²) < 4.78 is 28.9. The number of esters is 1. The molecule has 0 bridgehead atoms. The summed E-state index contributed by atoms with van der Waals surface area (Å²) in [6, 6.07) is -1.04. The largest absolute Gasteiger partial charge is 0.766 e. The number of nitrogen functional groups attached to an aromatic ring is 1. The van der Waals surface area contributed by atoms with Gasteiger partial charge in [0.2, 0.25) is 7.75 Å². The van der Waals surface area contributed by atoms with Gasteiger partial charge >= 0.3 is 5.97 Å². The molecule has 0 amide bonds. The number of carbonyl (C=O) groups is 1. The maximum absolute atomic E-state index is 11.9. The van der Waals surface area contributed by atoms with Crippen molar-refractivity contribution < 1.29 is 28.3 Å². The van der Waals surface area contributed by atoms with Crippen LogP contribution in [0.4, 0.5) is 5.82 Å². The van der Waals surface area contributed by atoms with Crippen LogP contribution in [0.25, 0.3) is 11.2 Å². The van der Waals surface area contributed by atoms with Crippen LogP contribution >= 0.6 is 7.75 Å². The number of carbonyl (C=O) groups excluding carboxylic acids is 1. The minimum absolute atomic E-state index is 0.179. The first kappa shape index (κ1) is 19.6. The minimum atomic E-state index is -4.43. The molecular weight excluding hydrogens is 379 g/mol. The molecule has 2 aromatic heterocycles. The number of nitrogens with one attached hydrogen (secondary N) is 1. The molecular formula is C14H20N6O6P-. The first-order valence-corrected chi connectivity index (χ1v) is 9.74. The highest BCUT2D eigenvalue weighted by Gasteiger charge is 2.30. The lowest BCUT2D eigenvalue weighted by molar-refractivity contribution is -0.206. The van der Waals surface area contributed by atoms with Crippen LogP contribution in [0.3, 0.4) is 0 Å². The van der Waals surface area contributed by atoms with Gasteiger partial charge in [0.15, 0.2) is 11.5 Å². The molecule has 0 saturated carbocycles. The van der Waals surface area contributed by atoms with Crippen molar-refractivity contribution in [3.05, 3.63) is 12.7 Å². The number of aromatic nitrogens is 4. The summed E-state index contributed by atoms with van der Waals surface area (Å²) in [4.78, 5) is 35.5. The summed E-state index contributed by atoms with van der Waals surface area (Å²) >= 11 is 0. The fraction of sp³-hybridized carbons (Fsp3) is 0.571. The molecule has 1 saturated heterocycles. The molecule has 13 heteroatoms. The monoisotopic (exact) mass is 399 g/mol. The van der Waals surface area contributed by atoms with Crippen LogP contribution in [0.1, 0.15) is 26.0 Å². The number of hydrogen-bond acceptors (Lipinski definition) is 10. The Balaban J connectivity index is 1.57. The number of hydrogen-bond donors (Lipinski definition) is 2. The first-order chi connectivity index (χ1) is 12.8. The molecule has 3 heterocycles. The van der Waals surface area contributed by atoms with E-state index in [9.17, 15) is 14.3 Å². The van der Waals surface area contributed by atoms with Crippen molar-refractivity contribution in [3.8, 4) is 0 Å². The first-order valence-electron chi connectivity index (χ1n) is 8.20. The Bertz CT molecular complexity index is 875. The lowest BCUT2D eigenvalue weighted by atomic mass is 10.2. The van der Waals surface area contributed by atoms with Crippen LogP contribution < -0.4 is 15.7 Å². The Labute approximate surface area is 154 Å². The van der Waals surface area contributed by atoms with Gasteiger partial charge in [-0.25, -0.2) is 20.0 Å². The van der Waals surface area contributed by atoms with Crippen LogP contribution in [-0.4, -0.2) is 51.4 Å². The van der Waals surface area contributed by atoms with Crippen molar-refractivity contribution >= 4 is 30.7 Å². The Morgan fingerprint density at radius 3 is 3.04 bits per heavy atom. The van der Waals surface area contributed by atoms with Crippen molar-refractivity contribution in [2.45, 2.75) is 38.1 Å². The summed E-state index contributed by atoms with van der Waals surface area (Å²) in [5.41, 5.74) is 6.79. The molecule has 27 heavy (non-hydrogen) atoms. The van der Waals surface area contributed by atoms with Gasteiger partial charge in [-0.3, -0.25) is 13.9 Å². The SMILES string of the molecule is COC(=O)[C@H](C)NP(=O)([O-])OC[C@@H]1CC[C@H](n2cnc3c(N)ncnc32)O1. The van der Waals surface area contributed by atoms with E-state index in [0.29, 0.717) is 24.0 Å². The third-order valence-corrected chi connectivity index (χ3v) is 5.31. The summed E-state index contributed by atoms with van der Waals surface area (Å²) in [5, 5.41) is 2.10. The number of nitrogens with zero attached hydrogens (tertiary/aromatic N) is 4. The van der Waals surface area contributed by atoms with Crippen molar-refractivity contribution in [1.29, 1.82) is 0 Å². The van der Waals surface area contributed by atoms with Crippen molar-refractivity contribution in [2.24, 2.45) is 0 Å². The number of methoxy groups -OCH3 is 1. The number of fused-ring (bicyclic) bond motifs is 1. The zero-order valence-corrected chi connectivity index (χ0v) is 15.7. The van der Waals surface area contributed by atoms with E-state index in [1.807, 2.05) is 0 Å². The zero-order valence-electron chi connectivity index (χ0n) is 14.8. The van der Waals surface area contributed by atoms with Gasteiger partial charge in [0.05, 0.1) is 26.1 Å². The molecule has 0 radical (unpaired) electrons. The topological polar surface area (TPSA) is 167 Å². The Hall–Kier alpha value is -2.11. The molecule has 0 spiro atoms. The molecule has 1 fully saturated rings. The normalized spacial score (nSPS) is 23.2. The van der Waals surface area contributed by atoms with E-state index in [1.54, 1.807) is 10.9 Å². The average molecular weight is 399 g/mol. The fourth-order valence-electron chi connectivity index (χ4n) is 2.78. The summed E-state index contributed by atoms with van der Waals surface area (Å²) in [6.07, 6.45) is 3.29. The molecule has 3 N–H and O–H groups in total. The number of ether oxygens (including phenoxy) is 2. The second kappa shape index (κ2) is 7.87. The lowest BCUT2D eigenvalue weighted by Gasteiger charge is -2.27. The van der Waals surface area contributed by atoms with E-state index in [4.69, 9.17) is 15.0 Å². The number of anilines is 1. The highest BCUT2D eigenvalue weighted by atomic mass is 31.2. The van der Waals surface area contributed by atoms with Gasteiger partial charge in [-0.05, 0) is 19.8 Å². The number of imidazole rings is 1. The maximum atomic E-state index is 11.9.